The second-order valence-corrected chi connectivity index (χ2v) is 9.18. The SMILES string of the molecule is Nc1c(S(=O)(=O)[O-])cc(I)c2c1C(=O)c1ccc(S(=O)(=O)[O-])cc1C2=O.[Na+].[Na+]. The Morgan fingerprint density at radius 3 is 1.86 bits per heavy atom. The Morgan fingerprint density at radius 1 is 0.821 bits per heavy atom. The number of fused-ring (bicyclic) bond motifs is 2. The van der Waals surface area contributed by atoms with Gasteiger partial charge in [0.15, 0.2) is 11.6 Å². The number of halogens is 1. The average Bonchev–Trinajstić information content (AvgIpc) is 2.51. The van der Waals surface area contributed by atoms with Crippen LogP contribution in [0.2, 0.25) is 0 Å². The summed E-state index contributed by atoms with van der Waals surface area (Å²) in [7, 11) is -9.86. The molecule has 1 aliphatic carbocycles. The Labute approximate surface area is 217 Å². The molecular formula is C14H6INNa2O8S2. The molecule has 0 bridgehead atoms. The van der Waals surface area contributed by atoms with Crippen molar-refractivity contribution in [3.05, 3.63) is 50.1 Å². The molecule has 0 saturated carbocycles. The maximum absolute atomic E-state index is 12.7. The van der Waals surface area contributed by atoms with Crippen LogP contribution in [0.5, 0.6) is 0 Å². The molecule has 9 nitrogen and oxygen atoms in total. The second-order valence-electron chi connectivity index (χ2n) is 5.29. The van der Waals surface area contributed by atoms with Crippen molar-refractivity contribution in [3.63, 3.8) is 0 Å². The number of anilines is 1. The van der Waals surface area contributed by atoms with Gasteiger partial charge in [0.2, 0.25) is 0 Å². The molecule has 0 saturated heterocycles. The van der Waals surface area contributed by atoms with Gasteiger partial charge in [-0.25, -0.2) is 16.8 Å². The predicted octanol–water partition coefficient (Wildman–Crippen LogP) is -5.53. The molecule has 0 fully saturated rings. The quantitative estimate of drug-likeness (QED) is 0.141. The maximum Gasteiger partial charge on any atom is 1.00 e. The third-order valence-electron chi connectivity index (χ3n) is 3.77. The first-order valence-corrected chi connectivity index (χ1v) is 10.5. The van der Waals surface area contributed by atoms with Crippen molar-refractivity contribution in [1.29, 1.82) is 0 Å². The van der Waals surface area contributed by atoms with Crippen LogP contribution in [-0.4, -0.2) is 37.5 Å². The van der Waals surface area contributed by atoms with Crippen LogP contribution in [0, 0.1) is 3.57 Å². The first kappa shape index (κ1) is 26.2. The molecule has 0 heterocycles. The van der Waals surface area contributed by atoms with Gasteiger partial charge in [0, 0.05) is 20.3 Å². The minimum Gasteiger partial charge on any atom is -0.744 e. The third-order valence-corrected chi connectivity index (χ3v) is 6.33. The van der Waals surface area contributed by atoms with Crippen molar-refractivity contribution in [2.45, 2.75) is 9.79 Å². The number of nitrogens with two attached hydrogens (primary N) is 1. The van der Waals surface area contributed by atoms with Gasteiger partial charge < -0.3 is 14.8 Å². The zero-order chi connectivity index (χ0) is 19.6. The molecule has 0 unspecified atom stereocenters. The minimum atomic E-state index is -5.00. The summed E-state index contributed by atoms with van der Waals surface area (Å²) in [6.07, 6.45) is 0. The van der Waals surface area contributed by atoms with Crippen molar-refractivity contribution >= 4 is 60.1 Å². The van der Waals surface area contributed by atoms with Crippen molar-refractivity contribution in [1.82, 2.24) is 0 Å². The van der Waals surface area contributed by atoms with Crippen LogP contribution < -0.4 is 64.8 Å². The zero-order valence-corrected chi connectivity index (χ0v) is 22.1. The molecule has 2 N–H and O–H groups in total. The van der Waals surface area contributed by atoms with Crippen LogP contribution in [0.25, 0.3) is 0 Å². The average molecular weight is 553 g/mol. The molecule has 0 aromatic heterocycles. The molecule has 0 atom stereocenters. The van der Waals surface area contributed by atoms with E-state index in [4.69, 9.17) is 5.73 Å². The van der Waals surface area contributed by atoms with Crippen molar-refractivity contribution in [3.8, 4) is 0 Å². The van der Waals surface area contributed by atoms with Gasteiger partial charge in [-0.05, 0) is 46.9 Å². The van der Waals surface area contributed by atoms with E-state index in [1.54, 1.807) is 22.6 Å². The Hall–Kier alpha value is 0.130. The second kappa shape index (κ2) is 8.70. The van der Waals surface area contributed by atoms with Crippen LogP contribution >= 0.6 is 22.6 Å². The van der Waals surface area contributed by atoms with Crippen molar-refractivity contribution in [2.24, 2.45) is 0 Å². The van der Waals surface area contributed by atoms with E-state index in [1.807, 2.05) is 0 Å². The van der Waals surface area contributed by atoms with E-state index in [0.717, 1.165) is 24.3 Å². The summed E-state index contributed by atoms with van der Waals surface area (Å²) in [6.45, 7) is 0. The summed E-state index contributed by atoms with van der Waals surface area (Å²) in [5.74, 6) is -1.67. The first-order valence-electron chi connectivity index (χ1n) is 6.61. The number of benzene rings is 2. The zero-order valence-electron chi connectivity index (χ0n) is 14.3. The largest absolute Gasteiger partial charge is 1.00 e. The summed E-state index contributed by atoms with van der Waals surface area (Å²) in [5, 5.41) is 0. The van der Waals surface area contributed by atoms with Crippen LogP contribution in [0.1, 0.15) is 31.8 Å². The van der Waals surface area contributed by atoms with Gasteiger partial charge in [-0.2, -0.15) is 0 Å². The van der Waals surface area contributed by atoms with Crippen LogP contribution in [0.4, 0.5) is 5.69 Å². The third kappa shape index (κ3) is 4.42. The Bertz CT molecular complexity index is 1240. The smallest absolute Gasteiger partial charge is 0.744 e. The topological polar surface area (TPSA) is 175 Å². The van der Waals surface area contributed by atoms with Gasteiger partial charge in [0.05, 0.1) is 21.0 Å². The fourth-order valence-corrected chi connectivity index (χ4v) is 4.81. The molecular weight excluding hydrogens is 547 g/mol. The number of carbonyl (C=O) groups is 2. The standard InChI is InChI=1S/C14H8INO8S2.2Na/c15-8-4-9(26(22,23)24)12(16)11-10(8)14(18)7-3-5(25(19,20)21)1-2-6(7)13(11)17;;/h1-4H,16H2,(H,19,20,21)(H,22,23,24);;/q;2*+1/p-2. The first-order chi connectivity index (χ1) is 11.8. The van der Waals surface area contributed by atoms with Crippen LogP contribution in [-0.2, 0) is 20.2 Å². The molecule has 0 amide bonds. The molecule has 0 spiro atoms. The van der Waals surface area contributed by atoms with Crippen molar-refractivity contribution < 1.29 is 94.6 Å². The molecule has 3 rings (SSSR count). The molecule has 14 heteroatoms. The fraction of sp³-hybridized carbons (Fsp3) is 0. The Morgan fingerprint density at radius 2 is 1.36 bits per heavy atom. The van der Waals surface area contributed by atoms with Gasteiger partial charge in [0.1, 0.15) is 20.2 Å². The molecule has 2 aromatic carbocycles. The number of rotatable bonds is 2. The van der Waals surface area contributed by atoms with Crippen molar-refractivity contribution in [2.75, 3.05) is 5.73 Å². The molecule has 28 heavy (non-hydrogen) atoms. The summed E-state index contributed by atoms with van der Waals surface area (Å²) in [4.78, 5) is 23.9. The van der Waals surface area contributed by atoms with Gasteiger partial charge in [-0.1, -0.05) is 0 Å². The van der Waals surface area contributed by atoms with Gasteiger partial charge >= 0.3 is 59.1 Å². The normalized spacial score (nSPS) is 13.1. The molecule has 1 aliphatic rings. The number of carbonyl (C=O) groups excluding carboxylic acids is 2. The number of hydrogen-bond donors (Lipinski definition) is 1. The van der Waals surface area contributed by atoms with Crippen LogP contribution in [0.15, 0.2) is 34.1 Å². The van der Waals surface area contributed by atoms with Crippen LogP contribution in [0.3, 0.4) is 0 Å². The number of nitrogen functional groups attached to an aromatic ring is 1. The maximum atomic E-state index is 12.7. The minimum absolute atomic E-state index is 0. The van der Waals surface area contributed by atoms with Gasteiger partial charge in [-0.3, -0.25) is 9.59 Å². The number of ketones is 2. The fourth-order valence-electron chi connectivity index (χ4n) is 2.64. The Kier molecular flexibility index (Phi) is 8.13. The molecule has 136 valence electrons. The molecule has 2 aromatic rings. The summed E-state index contributed by atoms with van der Waals surface area (Å²) >= 11 is 1.56. The van der Waals surface area contributed by atoms with E-state index in [0.29, 0.717) is 0 Å². The van der Waals surface area contributed by atoms with Gasteiger partial charge in [-0.15, -0.1) is 0 Å². The predicted molar refractivity (Wildman–Crippen MR) is 92.8 cm³/mol. The summed E-state index contributed by atoms with van der Waals surface area (Å²) in [5.41, 5.74) is 3.74. The Balaban J connectivity index is 0.00000196. The van der Waals surface area contributed by atoms with Gasteiger partial charge in [0.25, 0.3) is 0 Å². The monoisotopic (exact) mass is 553 g/mol. The number of hydrogen-bond acceptors (Lipinski definition) is 9. The van der Waals surface area contributed by atoms with E-state index in [1.165, 1.54) is 0 Å². The summed E-state index contributed by atoms with van der Waals surface area (Å²) < 4.78 is 67.5. The van der Waals surface area contributed by atoms with E-state index in [2.05, 4.69) is 0 Å². The molecule has 0 radical (unpaired) electrons. The molecule has 0 aliphatic heterocycles. The van der Waals surface area contributed by atoms with E-state index in [-0.39, 0.29) is 79.4 Å². The van der Waals surface area contributed by atoms with E-state index in [9.17, 15) is 35.5 Å². The van der Waals surface area contributed by atoms with E-state index < -0.39 is 52.8 Å². The van der Waals surface area contributed by atoms with E-state index >= 15 is 0 Å². The summed E-state index contributed by atoms with van der Waals surface area (Å²) in [6, 6.07) is 3.47.